The zero-order valence-electron chi connectivity index (χ0n) is 10.7. The summed E-state index contributed by atoms with van der Waals surface area (Å²) in [5.41, 5.74) is 6.54. The fraction of sp³-hybridized carbons (Fsp3) is 0.143. The van der Waals surface area contributed by atoms with Crippen LogP contribution in [0.5, 0.6) is 11.5 Å². The van der Waals surface area contributed by atoms with Crippen molar-refractivity contribution < 1.29 is 9.66 Å². The summed E-state index contributed by atoms with van der Waals surface area (Å²) < 4.78 is 5.52. The average molecular weight is 293 g/mol. The van der Waals surface area contributed by atoms with Gasteiger partial charge in [0, 0.05) is 17.1 Å². The molecule has 0 bridgehead atoms. The molecule has 5 nitrogen and oxygen atoms in total. The molecule has 0 saturated heterocycles. The minimum Gasteiger partial charge on any atom is -0.450 e. The Kier molecular flexibility index (Phi) is 4.22. The van der Waals surface area contributed by atoms with Gasteiger partial charge >= 0.3 is 5.69 Å². The molecule has 0 aromatic heterocycles. The van der Waals surface area contributed by atoms with Gasteiger partial charge in [-0.25, -0.2) is 0 Å². The number of rotatable bonds is 4. The molecule has 2 rings (SSSR count). The van der Waals surface area contributed by atoms with Gasteiger partial charge < -0.3 is 10.5 Å². The number of nitrogens with two attached hydrogens (primary N) is 1. The standard InChI is InChI=1S/C14H13ClN2O3/c1-9(16)10-2-5-12(6-3-10)20-14-7-4-11(15)8-13(14)17(18)19/h2-9H,16H2,1H3. The first-order valence-electron chi connectivity index (χ1n) is 5.94. The third kappa shape index (κ3) is 3.26. The minimum absolute atomic E-state index is 0.0751. The van der Waals surface area contributed by atoms with Crippen molar-refractivity contribution >= 4 is 17.3 Å². The lowest BCUT2D eigenvalue weighted by Gasteiger charge is -2.09. The molecule has 0 radical (unpaired) electrons. The lowest BCUT2D eigenvalue weighted by Crippen LogP contribution is -2.04. The van der Waals surface area contributed by atoms with Crippen molar-refractivity contribution in [2.24, 2.45) is 5.73 Å². The van der Waals surface area contributed by atoms with Crippen LogP contribution in [0.25, 0.3) is 0 Å². The molecule has 1 unspecified atom stereocenters. The van der Waals surface area contributed by atoms with Crippen molar-refractivity contribution in [2.45, 2.75) is 13.0 Å². The molecular weight excluding hydrogens is 280 g/mol. The van der Waals surface area contributed by atoms with Crippen LogP contribution < -0.4 is 10.5 Å². The molecular formula is C14H13ClN2O3. The molecule has 0 spiro atoms. The van der Waals surface area contributed by atoms with Crippen LogP contribution in [0, 0.1) is 10.1 Å². The van der Waals surface area contributed by atoms with E-state index in [0.29, 0.717) is 5.75 Å². The molecule has 2 N–H and O–H groups in total. The van der Waals surface area contributed by atoms with Gasteiger partial charge in [-0.15, -0.1) is 0 Å². The van der Waals surface area contributed by atoms with Crippen LogP contribution in [0.4, 0.5) is 5.69 Å². The first kappa shape index (κ1) is 14.3. The maximum atomic E-state index is 11.0. The van der Waals surface area contributed by atoms with E-state index in [2.05, 4.69) is 0 Å². The van der Waals surface area contributed by atoms with Crippen LogP contribution in [0.2, 0.25) is 5.02 Å². The molecule has 0 aliphatic rings. The van der Waals surface area contributed by atoms with Crippen LogP contribution >= 0.6 is 11.6 Å². The summed E-state index contributed by atoms with van der Waals surface area (Å²) in [5.74, 6) is 0.646. The Bertz CT molecular complexity index is 627. The van der Waals surface area contributed by atoms with E-state index in [0.717, 1.165) is 5.56 Å². The number of benzene rings is 2. The minimum atomic E-state index is -0.530. The number of nitro groups is 1. The molecule has 0 heterocycles. The highest BCUT2D eigenvalue weighted by Crippen LogP contribution is 2.33. The first-order chi connectivity index (χ1) is 9.47. The quantitative estimate of drug-likeness (QED) is 0.681. The third-order valence-electron chi connectivity index (χ3n) is 2.75. The average Bonchev–Trinajstić information content (AvgIpc) is 2.41. The Labute approximate surface area is 121 Å². The number of hydrogen-bond acceptors (Lipinski definition) is 4. The molecule has 6 heteroatoms. The molecule has 1 atom stereocenters. The van der Waals surface area contributed by atoms with Crippen LogP contribution in [0.3, 0.4) is 0 Å². The van der Waals surface area contributed by atoms with Gasteiger partial charge in [-0.3, -0.25) is 10.1 Å². The highest BCUT2D eigenvalue weighted by molar-refractivity contribution is 6.30. The molecule has 0 aliphatic carbocycles. The predicted molar refractivity (Wildman–Crippen MR) is 77.2 cm³/mol. The van der Waals surface area contributed by atoms with Crippen LogP contribution in [0.1, 0.15) is 18.5 Å². The second-order valence-corrected chi connectivity index (χ2v) is 4.77. The van der Waals surface area contributed by atoms with Crippen molar-refractivity contribution in [3.05, 3.63) is 63.2 Å². The lowest BCUT2D eigenvalue weighted by atomic mass is 10.1. The van der Waals surface area contributed by atoms with E-state index in [-0.39, 0.29) is 22.5 Å². The van der Waals surface area contributed by atoms with E-state index in [1.54, 1.807) is 18.2 Å². The summed E-state index contributed by atoms with van der Waals surface area (Å²) in [6.45, 7) is 1.87. The Morgan fingerprint density at radius 3 is 2.45 bits per heavy atom. The highest BCUT2D eigenvalue weighted by Gasteiger charge is 2.16. The smallest absolute Gasteiger partial charge is 0.313 e. The molecule has 104 valence electrons. The summed E-state index contributed by atoms with van der Waals surface area (Å²) in [6.07, 6.45) is 0. The van der Waals surface area contributed by atoms with Gasteiger partial charge in [0.05, 0.1) is 4.92 Å². The number of nitro benzene ring substituents is 1. The molecule has 0 aliphatic heterocycles. The Morgan fingerprint density at radius 2 is 1.90 bits per heavy atom. The zero-order chi connectivity index (χ0) is 14.7. The second-order valence-electron chi connectivity index (χ2n) is 4.33. The monoisotopic (exact) mass is 292 g/mol. The van der Waals surface area contributed by atoms with Crippen LogP contribution in [-0.4, -0.2) is 4.92 Å². The predicted octanol–water partition coefficient (Wildman–Crippen LogP) is 4.06. The van der Waals surface area contributed by atoms with E-state index in [1.807, 2.05) is 19.1 Å². The highest BCUT2D eigenvalue weighted by atomic mass is 35.5. The van der Waals surface area contributed by atoms with Gasteiger partial charge in [0.2, 0.25) is 5.75 Å². The number of halogens is 1. The Morgan fingerprint density at radius 1 is 1.25 bits per heavy atom. The van der Waals surface area contributed by atoms with Crippen molar-refractivity contribution in [1.29, 1.82) is 0 Å². The first-order valence-corrected chi connectivity index (χ1v) is 6.32. The summed E-state index contributed by atoms with van der Waals surface area (Å²) in [7, 11) is 0. The summed E-state index contributed by atoms with van der Waals surface area (Å²) in [6, 6.07) is 11.3. The van der Waals surface area contributed by atoms with E-state index in [9.17, 15) is 10.1 Å². The lowest BCUT2D eigenvalue weighted by molar-refractivity contribution is -0.385. The van der Waals surface area contributed by atoms with Crippen molar-refractivity contribution in [1.82, 2.24) is 0 Å². The third-order valence-corrected chi connectivity index (χ3v) is 2.99. The van der Waals surface area contributed by atoms with Gasteiger partial charge in [-0.05, 0) is 36.8 Å². The zero-order valence-corrected chi connectivity index (χ0v) is 11.5. The second kappa shape index (κ2) is 5.90. The van der Waals surface area contributed by atoms with Crippen molar-refractivity contribution in [3.8, 4) is 11.5 Å². The topological polar surface area (TPSA) is 78.4 Å². The normalized spacial score (nSPS) is 11.9. The molecule has 2 aromatic carbocycles. The Hall–Kier alpha value is -2.11. The van der Waals surface area contributed by atoms with Gasteiger partial charge in [-0.1, -0.05) is 23.7 Å². The summed E-state index contributed by atoms with van der Waals surface area (Å²) >= 11 is 5.75. The number of ether oxygens (including phenoxy) is 1. The SMILES string of the molecule is CC(N)c1ccc(Oc2ccc(Cl)cc2[N+](=O)[O-])cc1. The molecule has 20 heavy (non-hydrogen) atoms. The maximum absolute atomic E-state index is 11.0. The molecule has 0 fully saturated rings. The van der Waals surface area contributed by atoms with Gasteiger partial charge in [0.15, 0.2) is 0 Å². The van der Waals surface area contributed by atoms with Crippen molar-refractivity contribution in [3.63, 3.8) is 0 Å². The van der Waals surface area contributed by atoms with Gasteiger partial charge in [0.1, 0.15) is 5.75 Å². The van der Waals surface area contributed by atoms with Crippen LogP contribution in [0.15, 0.2) is 42.5 Å². The van der Waals surface area contributed by atoms with Crippen LogP contribution in [-0.2, 0) is 0 Å². The van der Waals surface area contributed by atoms with E-state index >= 15 is 0 Å². The fourth-order valence-corrected chi connectivity index (χ4v) is 1.85. The van der Waals surface area contributed by atoms with Gasteiger partial charge in [0.25, 0.3) is 0 Å². The van der Waals surface area contributed by atoms with Crippen molar-refractivity contribution in [2.75, 3.05) is 0 Å². The number of hydrogen-bond donors (Lipinski definition) is 1. The molecule has 2 aromatic rings. The summed E-state index contributed by atoms with van der Waals surface area (Å²) in [4.78, 5) is 10.4. The van der Waals surface area contributed by atoms with E-state index in [1.165, 1.54) is 12.1 Å². The molecule has 0 saturated carbocycles. The number of nitrogens with zero attached hydrogens (tertiary/aromatic N) is 1. The van der Waals surface area contributed by atoms with Gasteiger partial charge in [-0.2, -0.15) is 0 Å². The Balaban J connectivity index is 2.28. The van der Waals surface area contributed by atoms with E-state index in [4.69, 9.17) is 22.1 Å². The largest absolute Gasteiger partial charge is 0.450 e. The van der Waals surface area contributed by atoms with E-state index < -0.39 is 4.92 Å². The molecule has 0 amide bonds. The summed E-state index contributed by atoms with van der Waals surface area (Å²) in [5, 5.41) is 11.2. The maximum Gasteiger partial charge on any atom is 0.313 e. The fourth-order valence-electron chi connectivity index (χ4n) is 1.69.